The van der Waals surface area contributed by atoms with Gasteiger partial charge in [-0.1, -0.05) is 19.9 Å². The van der Waals surface area contributed by atoms with Crippen LogP contribution in [-0.4, -0.2) is 35.3 Å². The Labute approximate surface area is 103 Å². The first-order chi connectivity index (χ1) is 7.97. The van der Waals surface area contributed by atoms with E-state index in [1.165, 1.54) is 0 Å². The molecule has 0 aromatic rings. The molecule has 1 fully saturated rings. The fraction of sp³-hybridized carbons (Fsp3) is 0.692. The van der Waals surface area contributed by atoms with Crippen LogP contribution in [0.15, 0.2) is 12.7 Å². The van der Waals surface area contributed by atoms with Gasteiger partial charge in [0.2, 0.25) is 11.8 Å². The second-order valence-corrected chi connectivity index (χ2v) is 4.94. The molecule has 0 aliphatic carbocycles. The number of carbonyl (C=O) groups is 2. The van der Waals surface area contributed by atoms with E-state index in [1.54, 1.807) is 4.90 Å². The van der Waals surface area contributed by atoms with Crippen molar-refractivity contribution >= 4 is 11.8 Å². The fourth-order valence-electron chi connectivity index (χ4n) is 2.08. The van der Waals surface area contributed by atoms with Crippen molar-refractivity contribution in [2.75, 3.05) is 6.54 Å². The van der Waals surface area contributed by atoms with E-state index in [0.29, 0.717) is 13.0 Å². The lowest BCUT2D eigenvalue weighted by Crippen LogP contribution is -2.50. The van der Waals surface area contributed by atoms with E-state index in [0.717, 1.165) is 6.42 Å². The molecule has 0 spiro atoms. The third kappa shape index (κ3) is 3.32. The van der Waals surface area contributed by atoms with Crippen LogP contribution in [0.1, 0.15) is 33.6 Å². The second-order valence-electron chi connectivity index (χ2n) is 4.94. The third-order valence-corrected chi connectivity index (χ3v) is 3.15. The SMILES string of the molecule is C=CCC(C)N1CCC(=O)NC(C(C)C)C1=O. The summed E-state index contributed by atoms with van der Waals surface area (Å²) < 4.78 is 0. The molecule has 0 radical (unpaired) electrons. The van der Waals surface area contributed by atoms with Gasteiger partial charge >= 0.3 is 0 Å². The Morgan fingerprint density at radius 2 is 2.12 bits per heavy atom. The van der Waals surface area contributed by atoms with Crippen molar-refractivity contribution in [3.8, 4) is 0 Å². The molecule has 2 amide bonds. The highest BCUT2D eigenvalue weighted by atomic mass is 16.2. The Hall–Kier alpha value is -1.32. The van der Waals surface area contributed by atoms with Gasteiger partial charge in [-0.2, -0.15) is 0 Å². The number of hydrogen-bond acceptors (Lipinski definition) is 2. The van der Waals surface area contributed by atoms with Crippen molar-refractivity contribution in [3.05, 3.63) is 12.7 Å². The number of rotatable bonds is 4. The molecule has 1 rings (SSSR count). The van der Waals surface area contributed by atoms with E-state index >= 15 is 0 Å². The Kier molecular flexibility index (Phi) is 4.73. The largest absolute Gasteiger partial charge is 0.344 e. The summed E-state index contributed by atoms with van der Waals surface area (Å²) in [7, 11) is 0. The van der Waals surface area contributed by atoms with Crippen molar-refractivity contribution < 1.29 is 9.59 Å². The molecule has 0 aromatic carbocycles. The van der Waals surface area contributed by atoms with Crippen molar-refractivity contribution in [1.82, 2.24) is 10.2 Å². The Bertz CT molecular complexity index is 313. The monoisotopic (exact) mass is 238 g/mol. The number of hydrogen-bond donors (Lipinski definition) is 1. The average Bonchev–Trinajstić information content (AvgIpc) is 2.39. The summed E-state index contributed by atoms with van der Waals surface area (Å²) in [5.41, 5.74) is 0. The third-order valence-electron chi connectivity index (χ3n) is 3.15. The highest BCUT2D eigenvalue weighted by Crippen LogP contribution is 2.15. The van der Waals surface area contributed by atoms with Gasteiger partial charge in [-0.25, -0.2) is 0 Å². The molecular weight excluding hydrogens is 216 g/mol. The molecule has 4 nitrogen and oxygen atoms in total. The Morgan fingerprint density at radius 3 is 2.65 bits per heavy atom. The maximum absolute atomic E-state index is 12.3. The normalized spacial score (nSPS) is 23.3. The van der Waals surface area contributed by atoms with Crippen LogP contribution >= 0.6 is 0 Å². The lowest BCUT2D eigenvalue weighted by Gasteiger charge is -2.30. The van der Waals surface area contributed by atoms with Gasteiger partial charge in [0.25, 0.3) is 0 Å². The molecule has 2 unspecified atom stereocenters. The first kappa shape index (κ1) is 13.7. The zero-order valence-electron chi connectivity index (χ0n) is 10.9. The minimum atomic E-state index is -0.391. The smallest absolute Gasteiger partial charge is 0.245 e. The summed E-state index contributed by atoms with van der Waals surface area (Å²) in [5, 5.41) is 2.80. The predicted molar refractivity (Wildman–Crippen MR) is 67.4 cm³/mol. The molecular formula is C13H22N2O2. The topological polar surface area (TPSA) is 49.4 Å². The van der Waals surface area contributed by atoms with E-state index in [2.05, 4.69) is 11.9 Å². The predicted octanol–water partition coefficient (Wildman–Crippen LogP) is 1.32. The zero-order valence-corrected chi connectivity index (χ0v) is 10.9. The summed E-state index contributed by atoms with van der Waals surface area (Å²) in [4.78, 5) is 25.7. The summed E-state index contributed by atoms with van der Waals surface area (Å²) >= 11 is 0. The molecule has 0 bridgehead atoms. The van der Waals surface area contributed by atoms with Crippen molar-refractivity contribution in [2.24, 2.45) is 5.92 Å². The maximum atomic E-state index is 12.3. The first-order valence-electron chi connectivity index (χ1n) is 6.18. The van der Waals surface area contributed by atoms with Crippen LogP contribution in [0.2, 0.25) is 0 Å². The molecule has 17 heavy (non-hydrogen) atoms. The van der Waals surface area contributed by atoms with Crippen LogP contribution in [-0.2, 0) is 9.59 Å². The van der Waals surface area contributed by atoms with Gasteiger partial charge in [0.05, 0.1) is 0 Å². The number of nitrogens with one attached hydrogen (secondary N) is 1. The van der Waals surface area contributed by atoms with E-state index in [9.17, 15) is 9.59 Å². The van der Waals surface area contributed by atoms with Gasteiger partial charge in [0, 0.05) is 19.0 Å². The molecule has 1 N–H and O–H groups in total. The van der Waals surface area contributed by atoms with Gasteiger partial charge in [-0.15, -0.1) is 6.58 Å². The van der Waals surface area contributed by atoms with Crippen LogP contribution in [0, 0.1) is 5.92 Å². The maximum Gasteiger partial charge on any atom is 0.245 e. The van der Waals surface area contributed by atoms with Gasteiger partial charge in [-0.05, 0) is 19.3 Å². The van der Waals surface area contributed by atoms with Crippen molar-refractivity contribution in [1.29, 1.82) is 0 Å². The molecule has 96 valence electrons. The standard InChI is InChI=1S/C13H22N2O2/c1-5-6-10(4)15-8-7-11(16)14-12(9(2)3)13(15)17/h5,9-10,12H,1,6-8H2,2-4H3,(H,14,16). The minimum absolute atomic E-state index is 0.0280. The molecule has 1 heterocycles. The molecule has 0 saturated carbocycles. The molecule has 1 aliphatic heterocycles. The minimum Gasteiger partial charge on any atom is -0.344 e. The summed E-state index contributed by atoms with van der Waals surface area (Å²) in [6.45, 7) is 10.1. The van der Waals surface area contributed by atoms with Gasteiger partial charge in [-0.3, -0.25) is 9.59 Å². The van der Waals surface area contributed by atoms with Crippen LogP contribution < -0.4 is 5.32 Å². The number of carbonyl (C=O) groups excluding carboxylic acids is 2. The van der Waals surface area contributed by atoms with Gasteiger partial charge in [0.1, 0.15) is 6.04 Å². The van der Waals surface area contributed by atoms with Crippen molar-refractivity contribution in [2.45, 2.75) is 45.7 Å². The molecule has 1 aliphatic rings. The molecule has 4 heteroatoms. The summed E-state index contributed by atoms with van der Waals surface area (Å²) in [6, 6.07) is -0.286. The molecule has 1 saturated heterocycles. The lowest BCUT2D eigenvalue weighted by atomic mass is 10.0. The average molecular weight is 238 g/mol. The Morgan fingerprint density at radius 1 is 1.47 bits per heavy atom. The van der Waals surface area contributed by atoms with Gasteiger partial charge < -0.3 is 10.2 Å². The van der Waals surface area contributed by atoms with E-state index in [1.807, 2.05) is 26.8 Å². The lowest BCUT2D eigenvalue weighted by molar-refractivity contribution is -0.136. The highest BCUT2D eigenvalue weighted by molar-refractivity contribution is 5.90. The van der Waals surface area contributed by atoms with Crippen molar-refractivity contribution in [3.63, 3.8) is 0 Å². The van der Waals surface area contributed by atoms with Crippen LogP contribution in [0.3, 0.4) is 0 Å². The van der Waals surface area contributed by atoms with E-state index < -0.39 is 6.04 Å². The highest BCUT2D eigenvalue weighted by Gasteiger charge is 2.33. The van der Waals surface area contributed by atoms with Crippen LogP contribution in [0.25, 0.3) is 0 Å². The number of nitrogens with zero attached hydrogens (tertiary/aromatic N) is 1. The van der Waals surface area contributed by atoms with Crippen LogP contribution in [0.5, 0.6) is 0 Å². The van der Waals surface area contributed by atoms with E-state index in [4.69, 9.17) is 0 Å². The first-order valence-corrected chi connectivity index (χ1v) is 6.18. The fourth-order valence-corrected chi connectivity index (χ4v) is 2.08. The van der Waals surface area contributed by atoms with Gasteiger partial charge in [0.15, 0.2) is 0 Å². The zero-order chi connectivity index (χ0) is 13.0. The summed E-state index contributed by atoms with van der Waals surface area (Å²) in [5.74, 6) is 0.105. The molecule has 0 aromatic heterocycles. The summed E-state index contributed by atoms with van der Waals surface area (Å²) in [6.07, 6.45) is 2.95. The van der Waals surface area contributed by atoms with Crippen LogP contribution in [0.4, 0.5) is 0 Å². The Balaban J connectivity index is 2.86. The number of amides is 2. The second kappa shape index (κ2) is 5.84. The van der Waals surface area contributed by atoms with E-state index in [-0.39, 0.29) is 23.8 Å². The molecule has 2 atom stereocenters. The quantitative estimate of drug-likeness (QED) is 0.751.